The highest BCUT2D eigenvalue weighted by Crippen LogP contribution is 2.36. The van der Waals surface area contributed by atoms with Crippen LogP contribution in [-0.4, -0.2) is 11.7 Å². The van der Waals surface area contributed by atoms with E-state index < -0.39 is 11.7 Å². The van der Waals surface area contributed by atoms with Gasteiger partial charge in [-0.15, -0.1) is 0 Å². The van der Waals surface area contributed by atoms with Gasteiger partial charge in [0.25, 0.3) is 0 Å². The standard InChI is InChI=1S/C11H12F3NO/c12-11(13,14)7-3-4-10(16)8(6-7)9-2-1-5-15-9/h3-4,6,9,15-16H,1-2,5H2. The first kappa shape index (κ1) is 11.3. The third-order valence-corrected chi connectivity index (χ3v) is 2.79. The summed E-state index contributed by atoms with van der Waals surface area (Å²) in [5, 5.41) is 12.6. The predicted octanol–water partition coefficient (Wildman–Crippen LogP) is 2.84. The van der Waals surface area contributed by atoms with Crippen LogP contribution in [0.5, 0.6) is 5.75 Å². The molecule has 2 nitrogen and oxygen atoms in total. The van der Waals surface area contributed by atoms with Crippen LogP contribution in [0, 0.1) is 0 Å². The fraction of sp³-hybridized carbons (Fsp3) is 0.455. The van der Waals surface area contributed by atoms with Crippen molar-refractivity contribution in [2.45, 2.75) is 25.1 Å². The van der Waals surface area contributed by atoms with E-state index in [1.54, 1.807) is 0 Å². The predicted molar refractivity (Wildman–Crippen MR) is 53.1 cm³/mol. The molecule has 1 aliphatic heterocycles. The quantitative estimate of drug-likeness (QED) is 0.779. The van der Waals surface area contributed by atoms with Crippen molar-refractivity contribution in [3.8, 4) is 5.75 Å². The van der Waals surface area contributed by atoms with Crippen LogP contribution in [-0.2, 0) is 6.18 Å². The second kappa shape index (κ2) is 3.97. The molecule has 2 rings (SSSR count). The van der Waals surface area contributed by atoms with Crippen LogP contribution in [0.25, 0.3) is 0 Å². The molecule has 0 saturated carbocycles. The minimum atomic E-state index is -4.36. The van der Waals surface area contributed by atoms with Gasteiger partial charge in [0.05, 0.1) is 5.56 Å². The van der Waals surface area contributed by atoms with E-state index in [4.69, 9.17) is 0 Å². The number of rotatable bonds is 1. The Kier molecular flexibility index (Phi) is 2.80. The van der Waals surface area contributed by atoms with Crippen molar-refractivity contribution in [2.24, 2.45) is 0 Å². The SMILES string of the molecule is Oc1ccc(C(F)(F)F)cc1C1CCCN1. The van der Waals surface area contributed by atoms with Crippen molar-refractivity contribution in [1.82, 2.24) is 5.32 Å². The molecule has 1 atom stereocenters. The molecule has 0 spiro atoms. The molecule has 1 aromatic carbocycles. The maximum Gasteiger partial charge on any atom is 0.416 e. The molecular weight excluding hydrogens is 219 g/mol. The first-order valence-electron chi connectivity index (χ1n) is 5.12. The molecule has 1 fully saturated rings. The van der Waals surface area contributed by atoms with Crippen molar-refractivity contribution in [2.75, 3.05) is 6.54 Å². The van der Waals surface area contributed by atoms with Crippen molar-refractivity contribution >= 4 is 0 Å². The Bertz CT molecular complexity index is 383. The van der Waals surface area contributed by atoms with E-state index in [2.05, 4.69) is 5.32 Å². The number of alkyl halides is 3. The third kappa shape index (κ3) is 2.14. The molecule has 1 saturated heterocycles. The first-order chi connectivity index (χ1) is 7.48. The lowest BCUT2D eigenvalue weighted by molar-refractivity contribution is -0.137. The largest absolute Gasteiger partial charge is 0.508 e. The van der Waals surface area contributed by atoms with Gasteiger partial charge in [0.2, 0.25) is 0 Å². The van der Waals surface area contributed by atoms with Gasteiger partial charge in [-0.3, -0.25) is 0 Å². The van der Waals surface area contributed by atoms with Gasteiger partial charge in [-0.1, -0.05) is 0 Å². The van der Waals surface area contributed by atoms with Gasteiger partial charge in [-0.05, 0) is 37.6 Å². The molecule has 1 unspecified atom stereocenters. The lowest BCUT2D eigenvalue weighted by Gasteiger charge is -2.15. The molecule has 1 aliphatic rings. The Labute approximate surface area is 91.1 Å². The van der Waals surface area contributed by atoms with Crippen LogP contribution >= 0.6 is 0 Å². The normalized spacial score (nSPS) is 21.3. The lowest BCUT2D eigenvalue weighted by Crippen LogP contribution is -2.14. The average molecular weight is 231 g/mol. The maximum absolute atomic E-state index is 12.5. The Morgan fingerprint density at radius 1 is 1.31 bits per heavy atom. The van der Waals surface area contributed by atoms with Crippen molar-refractivity contribution < 1.29 is 18.3 Å². The molecule has 5 heteroatoms. The number of hydrogen-bond donors (Lipinski definition) is 2. The lowest BCUT2D eigenvalue weighted by atomic mass is 10.0. The second-order valence-electron chi connectivity index (χ2n) is 3.92. The number of halogens is 3. The molecule has 0 bridgehead atoms. The van der Waals surface area contributed by atoms with Crippen LogP contribution in [0.3, 0.4) is 0 Å². The zero-order valence-corrected chi connectivity index (χ0v) is 8.51. The van der Waals surface area contributed by atoms with E-state index >= 15 is 0 Å². The summed E-state index contributed by atoms with van der Waals surface area (Å²) < 4.78 is 37.5. The highest BCUT2D eigenvalue weighted by atomic mass is 19.4. The van der Waals surface area contributed by atoms with Crippen LogP contribution in [0.1, 0.15) is 30.0 Å². The van der Waals surface area contributed by atoms with Gasteiger partial charge in [0.1, 0.15) is 5.75 Å². The highest BCUT2D eigenvalue weighted by molar-refractivity contribution is 5.39. The smallest absolute Gasteiger partial charge is 0.416 e. The van der Waals surface area contributed by atoms with Gasteiger partial charge in [-0.2, -0.15) is 13.2 Å². The van der Waals surface area contributed by atoms with Gasteiger partial charge < -0.3 is 10.4 Å². The Morgan fingerprint density at radius 3 is 2.62 bits per heavy atom. The Balaban J connectivity index is 2.36. The van der Waals surface area contributed by atoms with E-state index in [9.17, 15) is 18.3 Å². The number of aromatic hydroxyl groups is 1. The van der Waals surface area contributed by atoms with Crippen molar-refractivity contribution in [1.29, 1.82) is 0 Å². The van der Waals surface area contributed by atoms with Gasteiger partial charge in [0, 0.05) is 11.6 Å². The molecule has 1 heterocycles. The minimum Gasteiger partial charge on any atom is -0.508 e. The topological polar surface area (TPSA) is 32.3 Å². The summed E-state index contributed by atoms with van der Waals surface area (Å²) in [5.41, 5.74) is -0.374. The summed E-state index contributed by atoms with van der Waals surface area (Å²) in [6.07, 6.45) is -2.68. The van der Waals surface area contributed by atoms with Gasteiger partial charge in [0.15, 0.2) is 0 Å². The minimum absolute atomic E-state index is 0.0765. The van der Waals surface area contributed by atoms with E-state index in [1.807, 2.05) is 0 Å². The monoisotopic (exact) mass is 231 g/mol. The van der Waals surface area contributed by atoms with E-state index in [-0.39, 0.29) is 11.8 Å². The number of nitrogens with one attached hydrogen (secondary N) is 1. The number of phenols is 1. The Hall–Kier alpha value is -1.23. The molecule has 0 amide bonds. The van der Waals surface area contributed by atoms with E-state index in [0.717, 1.165) is 37.6 Å². The van der Waals surface area contributed by atoms with Crippen LogP contribution in [0.15, 0.2) is 18.2 Å². The molecule has 16 heavy (non-hydrogen) atoms. The van der Waals surface area contributed by atoms with Crippen molar-refractivity contribution in [3.63, 3.8) is 0 Å². The number of phenolic OH excluding ortho intramolecular Hbond substituents is 1. The van der Waals surface area contributed by atoms with Gasteiger partial charge >= 0.3 is 6.18 Å². The van der Waals surface area contributed by atoms with Crippen LogP contribution in [0.2, 0.25) is 0 Å². The van der Waals surface area contributed by atoms with Crippen LogP contribution in [0.4, 0.5) is 13.2 Å². The van der Waals surface area contributed by atoms with Crippen molar-refractivity contribution in [3.05, 3.63) is 29.3 Å². The summed E-state index contributed by atoms with van der Waals surface area (Å²) in [4.78, 5) is 0. The zero-order valence-electron chi connectivity index (χ0n) is 8.51. The summed E-state index contributed by atoms with van der Waals surface area (Å²) in [7, 11) is 0. The third-order valence-electron chi connectivity index (χ3n) is 2.79. The molecule has 2 N–H and O–H groups in total. The summed E-state index contributed by atoms with van der Waals surface area (Å²) in [6.45, 7) is 0.778. The molecule has 1 aromatic rings. The van der Waals surface area contributed by atoms with Crippen LogP contribution < -0.4 is 5.32 Å². The first-order valence-corrected chi connectivity index (χ1v) is 5.12. The second-order valence-corrected chi connectivity index (χ2v) is 3.92. The molecule has 88 valence electrons. The summed E-state index contributed by atoms with van der Waals surface area (Å²) in [6, 6.07) is 2.87. The fourth-order valence-corrected chi connectivity index (χ4v) is 1.96. The highest BCUT2D eigenvalue weighted by Gasteiger charge is 2.32. The summed E-state index contributed by atoms with van der Waals surface area (Å²) in [5.74, 6) is -0.0765. The van der Waals surface area contributed by atoms with Gasteiger partial charge in [-0.25, -0.2) is 0 Å². The fourth-order valence-electron chi connectivity index (χ4n) is 1.96. The van der Waals surface area contributed by atoms with E-state index in [1.165, 1.54) is 0 Å². The Morgan fingerprint density at radius 2 is 2.06 bits per heavy atom. The zero-order chi connectivity index (χ0) is 11.8. The molecule has 0 radical (unpaired) electrons. The molecular formula is C11H12F3NO. The molecule has 0 aliphatic carbocycles. The maximum atomic E-state index is 12.5. The van der Waals surface area contributed by atoms with E-state index in [0.29, 0.717) is 5.56 Å². The number of hydrogen-bond acceptors (Lipinski definition) is 2. The summed E-state index contributed by atoms with van der Waals surface area (Å²) >= 11 is 0. The number of benzene rings is 1. The molecule has 0 aromatic heterocycles. The average Bonchev–Trinajstić information content (AvgIpc) is 2.69.